The number of benzene rings is 1. The summed E-state index contributed by atoms with van der Waals surface area (Å²) in [6, 6.07) is 7.69. The lowest BCUT2D eigenvalue weighted by Gasteiger charge is -2.21. The fourth-order valence-corrected chi connectivity index (χ4v) is 1.98. The highest BCUT2D eigenvalue weighted by Gasteiger charge is 2.15. The molecule has 0 aliphatic heterocycles. The van der Waals surface area contributed by atoms with Crippen LogP contribution in [0.4, 0.5) is 0 Å². The second kappa shape index (κ2) is 9.18. The van der Waals surface area contributed by atoms with Gasteiger partial charge >= 0.3 is 0 Å². The van der Waals surface area contributed by atoms with Gasteiger partial charge in [-0.05, 0) is 37.1 Å². The number of hydrogen-bond donors (Lipinski definition) is 2. The van der Waals surface area contributed by atoms with Crippen LogP contribution in [0.1, 0.15) is 31.9 Å². The van der Waals surface area contributed by atoms with E-state index in [1.807, 2.05) is 24.3 Å². The normalized spacial score (nSPS) is 11.8. The average Bonchev–Trinajstić information content (AvgIpc) is 2.28. The van der Waals surface area contributed by atoms with Crippen LogP contribution in [0, 0.1) is 5.92 Å². The summed E-state index contributed by atoms with van der Waals surface area (Å²) in [5, 5.41) is 6.61. The summed E-state index contributed by atoms with van der Waals surface area (Å²) in [6.07, 6.45) is 0.914. The second-order valence-electron chi connectivity index (χ2n) is 4.83. The Hall–Kier alpha value is -0.770. The van der Waals surface area contributed by atoms with Gasteiger partial charge in [-0.2, -0.15) is 0 Å². The first kappa shape index (κ1) is 18.2. The number of rotatable bonds is 6. The van der Waals surface area contributed by atoms with Gasteiger partial charge in [0.1, 0.15) is 0 Å². The smallest absolute Gasteiger partial charge is 0.234 e. The summed E-state index contributed by atoms with van der Waals surface area (Å²) in [5.74, 6) is 0.527. The van der Waals surface area contributed by atoms with Gasteiger partial charge in [0.05, 0.1) is 12.6 Å². The van der Waals surface area contributed by atoms with Crippen molar-refractivity contribution in [3.05, 3.63) is 34.9 Å². The number of halogens is 2. The molecule has 19 heavy (non-hydrogen) atoms. The molecule has 1 aromatic carbocycles. The standard InChI is InChI=1S/C14H21ClN2O.ClH/c1-10(2)8-13(17-14(18)9-16-3)11-4-6-12(15)7-5-11;/h4-7,10,13,16H,8-9H2,1-3H3,(H,17,18);1H. The van der Waals surface area contributed by atoms with E-state index < -0.39 is 0 Å². The zero-order valence-corrected chi connectivity index (χ0v) is 13.1. The molecule has 0 saturated heterocycles. The quantitative estimate of drug-likeness (QED) is 0.847. The zero-order chi connectivity index (χ0) is 13.5. The van der Waals surface area contributed by atoms with Gasteiger partial charge in [-0.3, -0.25) is 4.79 Å². The van der Waals surface area contributed by atoms with Crippen LogP contribution in [0.2, 0.25) is 5.02 Å². The number of carbonyl (C=O) groups excluding carboxylic acids is 1. The molecule has 0 bridgehead atoms. The largest absolute Gasteiger partial charge is 0.348 e. The maximum atomic E-state index is 11.7. The molecule has 0 heterocycles. The SMILES string of the molecule is CNCC(=O)NC(CC(C)C)c1ccc(Cl)cc1.Cl. The summed E-state index contributed by atoms with van der Waals surface area (Å²) in [4.78, 5) is 11.7. The lowest BCUT2D eigenvalue weighted by molar-refractivity contribution is -0.121. The van der Waals surface area contributed by atoms with Gasteiger partial charge in [-0.1, -0.05) is 37.6 Å². The van der Waals surface area contributed by atoms with Crippen molar-refractivity contribution in [1.29, 1.82) is 0 Å². The molecule has 1 rings (SSSR count). The van der Waals surface area contributed by atoms with Crippen molar-refractivity contribution in [2.75, 3.05) is 13.6 Å². The van der Waals surface area contributed by atoms with Crippen LogP contribution in [0.3, 0.4) is 0 Å². The first-order valence-electron chi connectivity index (χ1n) is 6.22. The van der Waals surface area contributed by atoms with Crippen molar-refractivity contribution in [1.82, 2.24) is 10.6 Å². The van der Waals surface area contributed by atoms with E-state index in [-0.39, 0.29) is 24.4 Å². The summed E-state index contributed by atoms with van der Waals surface area (Å²) in [6.45, 7) is 4.63. The van der Waals surface area contributed by atoms with E-state index in [0.29, 0.717) is 17.5 Å². The molecule has 3 nitrogen and oxygen atoms in total. The fourth-order valence-electron chi connectivity index (χ4n) is 1.85. The van der Waals surface area contributed by atoms with Crippen LogP contribution in [0.15, 0.2) is 24.3 Å². The summed E-state index contributed by atoms with van der Waals surface area (Å²) in [5.41, 5.74) is 1.09. The van der Waals surface area contributed by atoms with Gasteiger partial charge in [0.15, 0.2) is 0 Å². The lowest BCUT2D eigenvalue weighted by atomic mass is 9.97. The summed E-state index contributed by atoms with van der Waals surface area (Å²) >= 11 is 5.88. The van der Waals surface area contributed by atoms with E-state index >= 15 is 0 Å². The average molecular weight is 305 g/mol. The van der Waals surface area contributed by atoms with Gasteiger partial charge in [-0.15, -0.1) is 12.4 Å². The molecule has 0 radical (unpaired) electrons. The predicted molar refractivity (Wildman–Crippen MR) is 83.0 cm³/mol. The Bertz CT molecular complexity index is 380. The second-order valence-corrected chi connectivity index (χ2v) is 5.27. The lowest BCUT2D eigenvalue weighted by Crippen LogP contribution is -2.35. The number of likely N-dealkylation sites (N-methyl/N-ethyl adjacent to an activating group) is 1. The number of amides is 1. The van der Waals surface area contributed by atoms with E-state index in [2.05, 4.69) is 24.5 Å². The molecule has 1 aromatic rings. The van der Waals surface area contributed by atoms with Crippen LogP contribution in [0.5, 0.6) is 0 Å². The van der Waals surface area contributed by atoms with Crippen LogP contribution in [-0.4, -0.2) is 19.5 Å². The zero-order valence-electron chi connectivity index (χ0n) is 11.6. The molecule has 108 valence electrons. The highest BCUT2D eigenvalue weighted by atomic mass is 35.5. The molecule has 1 unspecified atom stereocenters. The molecule has 1 atom stereocenters. The van der Waals surface area contributed by atoms with Crippen LogP contribution in [-0.2, 0) is 4.79 Å². The van der Waals surface area contributed by atoms with Crippen molar-refractivity contribution in [2.24, 2.45) is 5.92 Å². The third-order valence-corrected chi connectivity index (χ3v) is 2.90. The first-order valence-corrected chi connectivity index (χ1v) is 6.60. The van der Waals surface area contributed by atoms with Crippen LogP contribution < -0.4 is 10.6 Å². The Kier molecular flexibility index (Phi) is 8.81. The molecule has 1 amide bonds. The van der Waals surface area contributed by atoms with E-state index in [0.717, 1.165) is 12.0 Å². The van der Waals surface area contributed by atoms with Crippen molar-refractivity contribution >= 4 is 29.9 Å². The molecule has 0 aromatic heterocycles. The summed E-state index contributed by atoms with van der Waals surface area (Å²) in [7, 11) is 1.76. The van der Waals surface area contributed by atoms with E-state index in [1.54, 1.807) is 7.05 Å². The van der Waals surface area contributed by atoms with Crippen molar-refractivity contribution in [2.45, 2.75) is 26.3 Å². The Morgan fingerprint density at radius 1 is 1.26 bits per heavy atom. The third kappa shape index (κ3) is 6.81. The van der Waals surface area contributed by atoms with E-state index in [1.165, 1.54) is 0 Å². The molecule has 0 aliphatic rings. The molecule has 0 saturated carbocycles. The maximum absolute atomic E-state index is 11.7. The van der Waals surface area contributed by atoms with Crippen LogP contribution in [0.25, 0.3) is 0 Å². The van der Waals surface area contributed by atoms with Crippen molar-refractivity contribution in [3.8, 4) is 0 Å². The van der Waals surface area contributed by atoms with Crippen molar-refractivity contribution in [3.63, 3.8) is 0 Å². The number of nitrogens with one attached hydrogen (secondary N) is 2. The third-order valence-electron chi connectivity index (χ3n) is 2.65. The highest BCUT2D eigenvalue weighted by Crippen LogP contribution is 2.22. The Labute approximate surface area is 126 Å². The van der Waals surface area contributed by atoms with Gasteiger partial charge in [0, 0.05) is 5.02 Å². The molecule has 0 fully saturated rings. The molecule has 5 heteroatoms. The molecule has 0 aliphatic carbocycles. The Morgan fingerprint density at radius 3 is 2.32 bits per heavy atom. The van der Waals surface area contributed by atoms with Crippen molar-refractivity contribution < 1.29 is 4.79 Å². The number of hydrogen-bond acceptors (Lipinski definition) is 2. The van der Waals surface area contributed by atoms with E-state index in [9.17, 15) is 4.79 Å². The van der Waals surface area contributed by atoms with E-state index in [4.69, 9.17) is 11.6 Å². The molecule has 2 N–H and O–H groups in total. The van der Waals surface area contributed by atoms with Gasteiger partial charge in [-0.25, -0.2) is 0 Å². The predicted octanol–water partition coefficient (Wildman–Crippen LogP) is 3.18. The first-order chi connectivity index (χ1) is 8.52. The minimum atomic E-state index is 0. The number of carbonyl (C=O) groups is 1. The fraction of sp³-hybridized carbons (Fsp3) is 0.500. The Balaban J connectivity index is 0.00000324. The maximum Gasteiger partial charge on any atom is 0.234 e. The molecular formula is C14H22Cl2N2O. The van der Waals surface area contributed by atoms with Gasteiger partial charge < -0.3 is 10.6 Å². The van der Waals surface area contributed by atoms with Gasteiger partial charge in [0.2, 0.25) is 5.91 Å². The molecule has 0 spiro atoms. The Morgan fingerprint density at radius 2 is 1.84 bits per heavy atom. The van der Waals surface area contributed by atoms with Gasteiger partial charge in [0.25, 0.3) is 0 Å². The summed E-state index contributed by atoms with van der Waals surface area (Å²) < 4.78 is 0. The van der Waals surface area contributed by atoms with Crippen LogP contribution >= 0.6 is 24.0 Å². The minimum Gasteiger partial charge on any atom is -0.348 e. The highest BCUT2D eigenvalue weighted by molar-refractivity contribution is 6.30. The minimum absolute atomic E-state index is 0. The monoisotopic (exact) mass is 304 g/mol. The topological polar surface area (TPSA) is 41.1 Å². The molecular weight excluding hydrogens is 283 g/mol.